The molecule has 2 rings (SSSR count). The third kappa shape index (κ3) is 2.93. The highest BCUT2D eigenvalue weighted by Gasteiger charge is 2.23. The lowest BCUT2D eigenvalue weighted by atomic mass is 9.98. The average molecular weight is 277 g/mol. The lowest BCUT2D eigenvalue weighted by molar-refractivity contribution is -0.161. The number of carbonyl (C=O) groups excluding carboxylic acids is 2. The van der Waals surface area contributed by atoms with Crippen molar-refractivity contribution in [2.24, 2.45) is 5.41 Å². The molecule has 0 aromatic carbocycles. The number of aromatic nitrogens is 3. The number of nitrogens with one attached hydrogen (secondary N) is 1. The van der Waals surface area contributed by atoms with E-state index in [0.717, 1.165) is 0 Å². The zero-order chi connectivity index (χ0) is 14.8. The Kier molecular flexibility index (Phi) is 3.69. The molecule has 7 heteroatoms. The third-order valence-electron chi connectivity index (χ3n) is 2.52. The Morgan fingerprint density at radius 3 is 2.60 bits per heavy atom. The Hall–Kier alpha value is -2.44. The van der Waals surface area contributed by atoms with Crippen LogP contribution in [0.2, 0.25) is 0 Å². The van der Waals surface area contributed by atoms with Gasteiger partial charge in [-0.15, -0.1) is 0 Å². The van der Waals surface area contributed by atoms with Crippen molar-refractivity contribution in [2.45, 2.75) is 20.8 Å². The summed E-state index contributed by atoms with van der Waals surface area (Å²) >= 11 is 0. The fourth-order valence-corrected chi connectivity index (χ4v) is 1.44. The van der Waals surface area contributed by atoms with E-state index in [2.05, 4.69) is 15.0 Å². The molecule has 2 aromatic rings. The predicted molar refractivity (Wildman–Crippen MR) is 69.7 cm³/mol. The van der Waals surface area contributed by atoms with Gasteiger partial charge in [-0.05, 0) is 20.8 Å². The SMILES string of the molecule is CC(C)(C)C(=O)OCOC(=O)c1c[nH]c2nccnc12. The summed E-state index contributed by atoms with van der Waals surface area (Å²) in [6, 6.07) is 0. The molecule has 0 atom stereocenters. The average Bonchev–Trinajstić information content (AvgIpc) is 2.81. The molecule has 0 radical (unpaired) electrons. The van der Waals surface area contributed by atoms with Crippen LogP contribution in [-0.2, 0) is 14.3 Å². The summed E-state index contributed by atoms with van der Waals surface area (Å²) < 4.78 is 9.75. The molecule has 7 nitrogen and oxygen atoms in total. The van der Waals surface area contributed by atoms with Crippen LogP contribution in [0.15, 0.2) is 18.6 Å². The van der Waals surface area contributed by atoms with Gasteiger partial charge in [0.25, 0.3) is 0 Å². The van der Waals surface area contributed by atoms with Crippen molar-refractivity contribution in [2.75, 3.05) is 6.79 Å². The highest BCUT2D eigenvalue weighted by atomic mass is 16.7. The van der Waals surface area contributed by atoms with Gasteiger partial charge in [-0.25, -0.2) is 9.78 Å². The number of rotatable bonds is 3. The molecule has 106 valence electrons. The van der Waals surface area contributed by atoms with Crippen molar-refractivity contribution in [3.8, 4) is 0 Å². The van der Waals surface area contributed by atoms with Crippen LogP contribution in [0, 0.1) is 5.41 Å². The molecule has 2 heterocycles. The number of carbonyl (C=O) groups is 2. The maximum atomic E-state index is 11.8. The van der Waals surface area contributed by atoms with Gasteiger partial charge in [-0.1, -0.05) is 0 Å². The Morgan fingerprint density at radius 2 is 1.90 bits per heavy atom. The van der Waals surface area contributed by atoms with E-state index in [1.54, 1.807) is 20.8 Å². The van der Waals surface area contributed by atoms with E-state index in [1.165, 1.54) is 18.6 Å². The van der Waals surface area contributed by atoms with Gasteiger partial charge in [0, 0.05) is 18.6 Å². The summed E-state index contributed by atoms with van der Waals surface area (Å²) in [6.45, 7) is 4.72. The van der Waals surface area contributed by atoms with E-state index in [4.69, 9.17) is 9.47 Å². The molecule has 0 fully saturated rings. The van der Waals surface area contributed by atoms with Gasteiger partial charge in [0.1, 0.15) is 11.1 Å². The molecule has 0 unspecified atom stereocenters. The number of nitrogens with zero attached hydrogens (tertiary/aromatic N) is 2. The smallest absolute Gasteiger partial charge is 0.344 e. The Bertz CT molecular complexity index is 642. The van der Waals surface area contributed by atoms with Crippen molar-refractivity contribution in [1.29, 1.82) is 0 Å². The van der Waals surface area contributed by atoms with Gasteiger partial charge in [-0.2, -0.15) is 0 Å². The monoisotopic (exact) mass is 277 g/mol. The topological polar surface area (TPSA) is 94.2 Å². The number of H-pyrrole nitrogens is 1. The summed E-state index contributed by atoms with van der Waals surface area (Å²) in [4.78, 5) is 34.2. The summed E-state index contributed by atoms with van der Waals surface area (Å²) in [6.07, 6.45) is 4.45. The Labute approximate surface area is 115 Å². The minimum Gasteiger partial charge on any atom is -0.427 e. The minimum absolute atomic E-state index is 0.250. The van der Waals surface area contributed by atoms with Crippen molar-refractivity contribution in [3.63, 3.8) is 0 Å². The van der Waals surface area contributed by atoms with Gasteiger partial charge in [0.05, 0.1) is 5.41 Å². The highest BCUT2D eigenvalue weighted by Crippen LogP contribution is 2.16. The lowest BCUT2D eigenvalue weighted by Crippen LogP contribution is -2.24. The molecule has 0 amide bonds. The van der Waals surface area contributed by atoms with Crippen molar-refractivity contribution in [1.82, 2.24) is 15.0 Å². The van der Waals surface area contributed by atoms with E-state index < -0.39 is 24.1 Å². The quantitative estimate of drug-likeness (QED) is 0.677. The van der Waals surface area contributed by atoms with Crippen LogP contribution in [0.3, 0.4) is 0 Å². The second-order valence-electron chi connectivity index (χ2n) is 5.19. The molecule has 2 aromatic heterocycles. The number of aromatic amines is 1. The number of ether oxygens (including phenoxy) is 2. The van der Waals surface area contributed by atoms with Gasteiger partial charge >= 0.3 is 11.9 Å². The molecule has 0 bridgehead atoms. The van der Waals surface area contributed by atoms with E-state index in [1.807, 2.05) is 0 Å². The molecule has 0 spiro atoms. The molecule has 0 aliphatic carbocycles. The summed E-state index contributed by atoms with van der Waals surface area (Å²) in [7, 11) is 0. The lowest BCUT2D eigenvalue weighted by Gasteiger charge is -2.16. The molecule has 20 heavy (non-hydrogen) atoms. The summed E-state index contributed by atoms with van der Waals surface area (Å²) in [5.74, 6) is -1.07. The Morgan fingerprint density at radius 1 is 1.20 bits per heavy atom. The molecule has 0 aliphatic heterocycles. The zero-order valence-corrected chi connectivity index (χ0v) is 11.5. The third-order valence-corrected chi connectivity index (χ3v) is 2.52. The molecule has 1 N–H and O–H groups in total. The van der Waals surface area contributed by atoms with Crippen LogP contribution >= 0.6 is 0 Å². The van der Waals surface area contributed by atoms with Crippen LogP contribution in [0.4, 0.5) is 0 Å². The second-order valence-corrected chi connectivity index (χ2v) is 5.19. The minimum atomic E-state index is -0.640. The van der Waals surface area contributed by atoms with Gasteiger partial charge in [-0.3, -0.25) is 9.78 Å². The van der Waals surface area contributed by atoms with E-state index >= 15 is 0 Å². The van der Waals surface area contributed by atoms with E-state index in [-0.39, 0.29) is 5.56 Å². The van der Waals surface area contributed by atoms with Crippen LogP contribution in [-0.4, -0.2) is 33.7 Å². The van der Waals surface area contributed by atoms with Gasteiger partial charge in [0.2, 0.25) is 6.79 Å². The normalized spacial score (nSPS) is 11.3. The maximum absolute atomic E-state index is 11.8. The molecular weight excluding hydrogens is 262 g/mol. The highest BCUT2D eigenvalue weighted by molar-refractivity contribution is 6.01. The van der Waals surface area contributed by atoms with E-state index in [0.29, 0.717) is 11.2 Å². The van der Waals surface area contributed by atoms with Gasteiger partial charge < -0.3 is 14.5 Å². The number of fused-ring (bicyclic) bond motifs is 1. The first-order chi connectivity index (χ1) is 9.39. The molecule has 0 saturated carbocycles. The first-order valence-electron chi connectivity index (χ1n) is 6.02. The fourth-order valence-electron chi connectivity index (χ4n) is 1.44. The Balaban J connectivity index is 1.98. The first kappa shape index (κ1) is 14.0. The fraction of sp³-hybridized carbons (Fsp3) is 0.385. The zero-order valence-electron chi connectivity index (χ0n) is 11.5. The van der Waals surface area contributed by atoms with Crippen LogP contribution in [0.25, 0.3) is 11.2 Å². The summed E-state index contributed by atoms with van der Waals surface area (Å²) in [5.41, 5.74) is 0.518. The number of esters is 2. The van der Waals surface area contributed by atoms with Crippen LogP contribution in [0.5, 0.6) is 0 Å². The van der Waals surface area contributed by atoms with Gasteiger partial charge in [0.15, 0.2) is 5.65 Å². The van der Waals surface area contributed by atoms with Crippen molar-refractivity contribution >= 4 is 23.1 Å². The first-order valence-corrected chi connectivity index (χ1v) is 6.02. The molecule has 0 aliphatic rings. The largest absolute Gasteiger partial charge is 0.427 e. The standard InChI is InChI=1S/C13H15N3O4/c1-13(2,3)12(18)20-7-19-11(17)8-6-16-10-9(8)14-4-5-15-10/h4-6H,7H2,1-3H3,(H,15,16). The second kappa shape index (κ2) is 5.28. The molecule has 0 saturated heterocycles. The maximum Gasteiger partial charge on any atom is 0.344 e. The van der Waals surface area contributed by atoms with Crippen LogP contribution in [0.1, 0.15) is 31.1 Å². The van der Waals surface area contributed by atoms with E-state index in [9.17, 15) is 9.59 Å². The number of hydrogen-bond acceptors (Lipinski definition) is 6. The van der Waals surface area contributed by atoms with Crippen LogP contribution < -0.4 is 0 Å². The van der Waals surface area contributed by atoms with Crippen molar-refractivity contribution in [3.05, 3.63) is 24.2 Å². The summed E-state index contributed by atoms with van der Waals surface area (Å²) in [5, 5.41) is 0. The molecular formula is C13H15N3O4. The number of hydrogen-bond donors (Lipinski definition) is 1. The predicted octanol–water partition coefficient (Wildman–Crippen LogP) is 1.66. The van der Waals surface area contributed by atoms with Crippen molar-refractivity contribution < 1.29 is 19.1 Å².